The van der Waals surface area contributed by atoms with E-state index < -0.39 is 0 Å². The van der Waals surface area contributed by atoms with Crippen LogP contribution >= 0.6 is 0 Å². The molecule has 94 valence electrons. The standard InChI is InChI=1S/C14H22N2O/c1-10-8-11(6-7-15-10)16-12-9-14(4,17-5)13(12,2)3/h6-8,12H,9H2,1-5H3,(H,15,16). The van der Waals surface area contributed by atoms with Crippen LogP contribution in [0.2, 0.25) is 0 Å². The molecule has 2 atom stereocenters. The van der Waals surface area contributed by atoms with Crippen molar-refractivity contribution in [2.24, 2.45) is 5.41 Å². The molecule has 0 saturated heterocycles. The van der Waals surface area contributed by atoms with Crippen molar-refractivity contribution in [1.29, 1.82) is 0 Å². The molecule has 1 fully saturated rings. The summed E-state index contributed by atoms with van der Waals surface area (Å²) in [7, 11) is 1.80. The van der Waals surface area contributed by atoms with Gasteiger partial charge in [-0.3, -0.25) is 4.98 Å². The van der Waals surface area contributed by atoms with Crippen molar-refractivity contribution in [1.82, 2.24) is 4.98 Å². The van der Waals surface area contributed by atoms with E-state index in [1.165, 1.54) is 0 Å². The third-order valence-electron chi connectivity index (χ3n) is 4.52. The van der Waals surface area contributed by atoms with Gasteiger partial charge in [0.15, 0.2) is 0 Å². The van der Waals surface area contributed by atoms with Crippen LogP contribution in [0.5, 0.6) is 0 Å². The first kappa shape index (κ1) is 12.4. The lowest BCUT2D eigenvalue weighted by molar-refractivity contribution is -0.166. The van der Waals surface area contributed by atoms with E-state index in [9.17, 15) is 0 Å². The molecule has 1 heterocycles. The zero-order chi connectivity index (χ0) is 12.7. The SMILES string of the molecule is COC1(C)CC(Nc2ccnc(C)c2)C1(C)C. The average Bonchev–Trinajstić information content (AvgIpc) is 2.28. The van der Waals surface area contributed by atoms with E-state index in [1.54, 1.807) is 7.11 Å². The molecule has 0 aromatic carbocycles. The molecule has 1 aliphatic rings. The van der Waals surface area contributed by atoms with Crippen molar-refractivity contribution in [2.75, 3.05) is 12.4 Å². The van der Waals surface area contributed by atoms with Gasteiger partial charge >= 0.3 is 0 Å². The molecule has 3 heteroatoms. The highest BCUT2D eigenvalue weighted by Crippen LogP contribution is 2.52. The molecule has 1 aliphatic carbocycles. The number of hydrogen-bond donors (Lipinski definition) is 1. The van der Waals surface area contributed by atoms with Gasteiger partial charge < -0.3 is 10.1 Å². The van der Waals surface area contributed by atoms with Gasteiger partial charge in [-0.05, 0) is 32.4 Å². The molecule has 0 spiro atoms. The van der Waals surface area contributed by atoms with Crippen LogP contribution in [-0.4, -0.2) is 23.7 Å². The number of aryl methyl sites for hydroxylation is 1. The molecule has 17 heavy (non-hydrogen) atoms. The molecule has 0 bridgehead atoms. The summed E-state index contributed by atoms with van der Waals surface area (Å²) in [5.74, 6) is 0. The third kappa shape index (κ3) is 1.93. The number of rotatable bonds is 3. The molecule has 0 radical (unpaired) electrons. The zero-order valence-corrected chi connectivity index (χ0v) is 11.4. The molecular formula is C14H22N2O. The number of anilines is 1. The highest BCUT2D eigenvalue weighted by atomic mass is 16.5. The minimum absolute atomic E-state index is 0.0211. The number of aromatic nitrogens is 1. The topological polar surface area (TPSA) is 34.1 Å². The fourth-order valence-corrected chi connectivity index (χ4v) is 2.56. The maximum atomic E-state index is 5.63. The van der Waals surface area contributed by atoms with Gasteiger partial charge in [0.05, 0.1) is 5.60 Å². The predicted octanol–water partition coefficient (Wildman–Crippen LogP) is 3.01. The summed E-state index contributed by atoms with van der Waals surface area (Å²) in [5.41, 5.74) is 2.31. The van der Waals surface area contributed by atoms with E-state index in [0.29, 0.717) is 6.04 Å². The van der Waals surface area contributed by atoms with Gasteiger partial charge in [0, 0.05) is 36.1 Å². The van der Waals surface area contributed by atoms with E-state index in [1.807, 2.05) is 19.2 Å². The second-order valence-electron chi connectivity index (χ2n) is 5.74. The summed E-state index contributed by atoms with van der Waals surface area (Å²) < 4.78 is 5.63. The molecule has 1 aromatic rings. The highest BCUT2D eigenvalue weighted by molar-refractivity contribution is 5.45. The van der Waals surface area contributed by atoms with Crippen LogP contribution < -0.4 is 5.32 Å². The van der Waals surface area contributed by atoms with Crippen molar-refractivity contribution < 1.29 is 4.74 Å². The van der Waals surface area contributed by atoms with Crippen LogP contribution in [0.15, 0.2) is 18.3 Å². The van der Waals surface area contributed by atoms with Gasteiger partial charge in [0.25, 0.3) is 0 Å². The Labute approximate surface area is 104 Å². The third-order valence-corrected chi connectivity index (χ3v) is 4.52. The van der Waals surface area contributed by atoms with Gasteiger partial charge in [-0.2, -0.15) is 0 Å². The minimum atomic E-state index is -0.0211. The first-order valence-corrected chi connectivity index (χ1v) is 6.13. The normalized spacial score (nSPS) is 30.8. The lowest BCUT2D eigenvalue weighted by Crippen LogP contribution is -2.65. The van der Waals surface area contributed by atoms with Crippen LogP contribution in [0.3, 0.4) is 0 Å². The Morgan fingerprint density at radius 2 is 2.12 bits per heavy atom. The Bertz CT molecular complexity index is 416. The maximum Gasteiger partial charge on any atom is 0.0740 e. The molecule has 1 aromatic heterocycles. The minimum Gasteiger partial charge on any atom is -0.381 e. The number of methoxy groups -OCH3 is 1. The first-order valence-electron chi connectivity index (χ1n) is 6.13. The van der Waals surface area contributed by atoms with Crippen molar-refractivity contribution in [3.8, 4) is 0 Å². The van der Waals surface area contributed by atoms with Crippen molar-refractivity contribution in [3.63, 3.8) is 0 Å². The summed E-state index contributed by atoms with van der Waals surface area (Å²) >= 11 is 0. The number of nitrogens with zero attached hydrogens (tertiary/aromatic N) is 1. The number of pyridine rings is 1. The van der Waals surface area contributed by atoms with Crippen LogP contribution in [0.4, 0.5) is 5.69 Å². The quantitative estimate of drug-likeness (QED) is 0.873. The van der Waals surface area contributed by atoms with Gasteiger partial charge in [0.2, 0.25) is 0 Å². The largest absolute Gasteiger partial charge is 0.381 e. The molecule has 3 nitrogen and oxygen atoms in total. The van der Waals surface area contributed by atoms with Gasteiger partial charge in [-0.15, -0.1) is 0 Å². The van der Waals surface area contributed by atoms with Crippen LogP contribution in [-0.2, 0) is 4.74 Å². The first-order chi connectivity index (χ1) is 7.89. The van der Waals surface area contributed by atoms with Gasteiger partial charge in [-0.25, -0.2) is 0 Å². The molecule has 2 rings (SSSR count). The fraction of sp³-hybridized carbons (Fsp3) is 0.643. The fourth-order valence-electron chi connectivity index (χ4n) is 2.56. The second-order valence-corrected chi connectivity index (χ2v) is 5.74. The molecule has 1 N–H and O–H groups in total. The van der Waals surface area contributed by atoms with E-state index in [4.69, 9.17) is 4.74 Å². The predicted molar refractivity (Wildman–Crippen MR) is 70.2 cm³/mol. The number of hydrogen-bond acceptors (Lipinski definition) is 3. The molecular weight excluding hydrogens is 212 g/mol. The van der Waals surface area contributed by atoms with Crippen molar-refractivity contribution >= 4 is 5.69 Å². The smallest absolute Gasteiger partial charge is 0.0740 e. The Hall–Kier alpha value is -1.09. The number of nitrogens with one attached hydrogen (secondary N) is 1. The summed E-state index contributed by atoms with van der Waals surface area (Å²) in [6.07, 6.45) is 2.89. The summed E-state index contributed by atoms with van der Waals surface area (Å²) in [5, 5.41) is 3.58. The molecule has 0 aliphatic heterocycles. The van der Waals surface area contributed by atoms with E-state index in [2.05, 4.69) is 37.1 Å². The van der Waals surface area contributed by atoms with Crippen molar-refractivity contribution in [2.45, 2.75) is 45.8 Å². The van der Waals surface area contributed by atoms with E-state index >= 15 is 0 Å². The zero-order valence-electron chi connectivity index (χ0n) is 11.4. The summed E-state index contributed by atoms with van der Waals surface area (Å²) in [6, 6.07) is 4.55. The monoisotopic (exact) mass is 234 g/mol. The lowest BCUT2D eigenvalue weighted by atomic mass is 9.56. The molecule has 1 saturated carbocycles. The molecule has 2 unspecified atom stereocenters. The van der Waals surface area contributed by atoms with E-state index in [0.717, 1.165) is 17.8 Å². The maximum absolute atomic E-state index is 5.63. The highest BCUT2D eigenvalue weighted by Gasteiger charge is 2.57. The Morgan fingerprint density at radius 1 is 1.41 bits per heavy atom. The van der Waals surface area contributed by atoms with Crippen LogP contribution in [0.1, 0.15) is 32.9 Å². The second kappa shape index (κ2) is 3.98. The lowest BCUT2D eigenvalue weighted by Gasteiger charge is -2.59. The van der Waals surface area contributed by atoms with Crippen molar-refractivity contribution in [3.05, 3.63) is 24.0 Å². The Balaban J connectivity index is 2.08. The van der Waals surface area contributed by atoms with Gasteiger partial charge in [-0.1, -0.05) is 13.8 Å². The van der Waals surface area contributed by atoms with Gasteiger partial charge in [0.1, 0.15) is 0 Å². The Morgan fingerprint density at radius 3 is 2.65 bits per heavy atom. The molecule has 0 amide bonds. The summed E-state index contributed by atoms with van der Waals surface area (Å²) in [6.45, 7) is 8.71. The average molecular weight is 234 g/mol. The van der Waals surface area contributed by atoms with Crippen LogP contribution in [0, 0.1) is 12.3 Å². The summed E-state index contributed by atoms with van der Waals surface area (Å²) in [4.78, 5) is 4.21. The number of ether oxygens (including phenoxy) is 1. The van der Waals surface area contributed by atoms with Crippen LogP contribution in [0.25, 0.3) is 0 Å². The van der Waals surface area contributed by atoms with E-state index in [-0.39, 0.29) is 11.0 Å². The Kier molecular flexibility index (Phi) is 2.90.